The van der Waals surface area contributed by atoms with Crippen LogP contribution in [0, 0.1) is 48.0 Å². The quantitative estimate of drug-likeness (QED) is 0.0296. The third-order valence-electron chi connectivity index (χ3n) is 13.7. The highest BCUT2D eigenvalue weighted by Crippen LogP contribution is 2.36. The Kier molecular flexibility index (Phi) is 22.3. The summed E-state index contributed by atoms with van der Waals surface area (Å²) in [6, 6.07) is 0. The van der Waals surface area contributed by atoms with Gasteiger partial charge in [-0.05, 0) is 133 Å². The standard InChI is InChI=1S/C46H74O14/c1-2-55-39-18-19-41(43(31-39)45(49)50)46(51)59-37-13-8-33(9-14-37)20-22-52-24-26-54-27-25-53-23-21-34-10-15-38(16-11-34)60-58-32-35-12-17-40(30-42(35)44(47)48)57-29-28-56-36-6-4-3-5-7-36/h1,33-43H,3-32H2,(H,47,48)(H,49,50). The minimum Gasteiger partial charge on any atom is -0.481 e. The summed E-state index contributed by atoms with van der Waals surface area (Å²) in [5.74, 6) is -3.16. The van der Waals surface area contributed by atoms with Crippen molar-refractivity contribution in [3.05, 3.63) is 0 Å². The van der Waals surface area contributed by atoms with Crippen molar-refractivity contribution in [1.82, 2.24) is 0 Å². The number of carbonyl (C=O) groups excluding carboxylic acids is 1. The summed E-state index contributed by atoms with van der Waals surface area (Å²) in [5, 5.41) is 19.6. The number of aliphatic carboxylic acids is 2. The molecule has 0 radical (unpaired) electrons. The van der Waals surface area contributed by atoms with Gasteiger partial charge in [-0.2, -0.15) is 0 Å². The summed E-state index contributed by atoms with van der Waals surface area (Å²) in [7, 11) is 0. The maximum absolute atomic E-state index is 12.9. The van der Waals surface area contributed by atoms with E-state index in [0.717, 1.165) is 89.9 Å². The molecule has 2 N–H and O–H groups in total. The van der Waals surface area contributed by atoms with Gasteiger partial charge < -0.3 is 43.4 Å². The van der Waals surface area contributed by atoms with E-state index in [1.54, 1.807) is 0 Å². The summed E-state index contributed by atoms with van der Waals surface area (Å²) in [6.45, 7) is 4.91. The van der Waals surface area contributed by atoms with Crippen LogP contribution in [0.25, 0.3) is 0 Å². The van der Waals surface area contributed by atoms with Crippen LogP contribution in [0.5, 0.6) is 0 Å². The molecule has 6 unspecified atom stereocenters. The second-order valence-electron chi connectivity index (χ2n) is 17.9. The first kappa shape index (κ1) is 48.5. The molecule has 5 aliphatic carbocycles. The second-order valence-corrected chi connectivity index (χ2v) is 17.9. The zero-order valence-corrected chi connectivity index (χ0v) is 35.9. The molecular weight excluding hydrogens is 776 g/mol. The molecule has 6 atom stereocenters. The van der Waals surface area contributed by atoms with Crippen molar-refractivity contribution >= 4 is 17.9 Å². The molecule has 60 heavy (non-hydrogen) atoms. The Morgan fingerprint density at radius 1 is 0.517 bits per heavy atom. The number of hydrogen-bond donors (Lipinski definition) is 2. The van der Waals surface area contributed by atoms with Crippen molar-refractivity contribution < 1.29 is 67.5 Å². The fraction of sp³-hybridized carbons (Fsp3) is 0.891. The van der Waals surface area contributed by atoms with E-state index in [4.69, 9.17) is 49.4 Å². The fourth-order valence-corrected chi connectivity index (χ4v) is 9.97. The van der Waals surface area contributed by atoms with Gasteiger partial charge in [0.25, 0.3) is 0 Å². The number of hydrogen-bond acceptors (Lipinski definition) is 12. The van der Waals surface area contributed by atoms with E-state index >= 15 is 0 Å². The Balaban J connectivity index is 0.789. The first-order valence-electron chi connectivity index (χ1n) is 23.3. The molecule has 5 aliphatic rings. The molecule has 0 aromatic carbocycles. The molecule has 0 amide bonds. The highest BCUT2D eigenvalue weighted by atomic mass is 17.2. The summed E-state index contributed by atoms with van der Waals surface area (Å²) in [4.78, 5) is 48.2. The van der Waals surface area contributed by atoms with E-state index in [-0.39, 0.29) is 36.8 Å². The molecule has 0 aromatic rings. The Hall–Kier alpha value is -2.51. The van der Waals surface area contributed by atoms with Crippen LogP contribution >= 0.6 is 0 Å². The van der Waals surface area contributed by atoms with Gasteiger partial charge in [0.15, 0.2) is 0 Å². The number of rotatable bonds is 26. The lowest BCUT2D eigenvalue weighted by Crippen LogP contribution is -2.40. The van der Waals surface area contributed by atoms with E-state index in [2.05, 4.69) is 6.11 Å². The predicted molar refractivity (Wildman–Crippen MR) is 220 cm³/mol. The maximum atomic E-state index is 12.9. The highest BCUT2D eigenvalue weighted by Gasteiger charge is 2.42. The number of carboxylic acid groups (broad SMARTS) is 2. The summed E-state index contributed by atoms with van der Waals surface area (Å²) in [5.41, 5.74) is 0. The zero-order valence-electron chi connectivity index (χ0n) is 35.9. The average molecular weight is 851 g/mol. The molecule has 0 aliphatic heterocycles. The van der Waals surface area contributed by atoms with Crippen LogP contribution in [0.15, 0.2) is 0 Å². The van der Waals surface area contributed by atoms with E-state index in [1.807, 2.05) is 0 Å². The molecule has 14 nitrogen and oxygen atoms in total. The van der Waals surface area contributed by atoms with E-state index in [9.17, 15) is 24.6 Å². The number of esters is 1. The highest BCUT2D eigenvalue weighted by molar-refractivity contribution is 5.81. The molecule has 0 bridgehead atoms. The van der Waals surface area contributed by atoms with Crippen LogP contribution in [-0.4, -0.2) is 118 Å². The summed E-state index contributed by atoms with van der Waals surface area (Å²) in [6.07, 6.45) is 25.9. The van der Waals surface area contributed by atoms with Crippen LogP contribution < -0.4 is 0 Å². The smallest absolute Gasteiger partial charge is 0.310 e. The van der Waals surface area contributed by atoms with E-state index in [0.29, 0.717) is 96.7 Å². The predicted octanol–water partition coefficient (Wildman–Crippen LogP) is 7.14. The Morgan fingerprint density at radius 2 is 1.05 bits per heavy atom. The van der Waals surface area contributed by atoms with Gasteiger partial charge in [-0.3, -0.25) is 14.4 Å². The van der Waals surface area contributed by atoms with Gasteiger partial charge >= 0.3 is 17.9 Å². The lowest BCUT2D eigenvalue weighted by atomic mass is 9.77. The third-order valence-corrected chi connectivity index (χ3v) is 13.7. The lowest BCUT2D eigenvalue weighted by molar-refractivity contribution is -0.337. The Morgan fingerprint density at radius 3 is 1.65 bits per heavy atom. The van der Waals surface area contributed by atoms with Crippen LogP contribution in [0.4, 0.5) is 0 Å². The van der Waals surface area contributed by atoms with Crippen molar-refractivity contribution in [2.24, 2.45) is 35.5 Å². The van der Waals surface area contributed by atoms with Gasteiger partial charge in [-0.1, -0.05) is 25.7 Å². The minimum atomic E-state index is -1.01. The minimum absolute atomic E-state index is 0.0467. The van der Waals surface area contributed by atoms with Crippen LogP contribution in [0.2, 0.25) is 0 Å². The number of terminal acetylenes is 1. The van der Waals surface area contributed by atoms with Crippen LogP contribution in [0.1, 0.15) is 135 Å². The topological polar surface area (TPSA) is 175 Å². The van der Waals surface area contributed by atoms with Gasteiger partial charge in [-0.25, -0.2) is 9.78 Å². The van der Waals surface area contributed by atoms with E-state index in [1.165, 1.54) is 19.3 Å². The molecule has 342 valence electrons. The molecule has 5 fully saturated rings. The Labute approximate surface area is 357 Å². The van der Waals surface area contributed by atoms with Crippen molar-refractivity contribution in [2.45, 2.75) is 165 Å². The van der Waals surface area contributed by atoms with Crippen LogP contribution in [-0.2, 0) is 57.3 Å². The Bertz CT molecular complexity index is 1270. The zero-order chi connectivity index (χ0) is 42.4. The monoisotopic (exact) mass is 851 g/mol. The SMILES string of the molecule is C#COC1CCC(C(=O)OC2CCC(CCOCCOCCOCCC3CCC(OOCC4CCC(OCCOC5CCCCC5)CC4C(=O)O)CC3)CC2)C(C(=O)O)C1. The number of ether oxygens (including phenoxy) is 7. The summed E-state index contributed by atoms with van der Waals surface area (Å²) < 4.78 is 40.3. The largest absolute Gasteiger partial charge is 0.481 e. The van der Waals surface area contributed by atoms with Crippen molar-refractivity contribution in [1.29, 1.82) is 0 Å². The van der Waals surface area contributed by atoms with E-state index < -0.39 is 35.7 Å². The molecule has 14 heteroatoms. The van der Waals surface area contributed by atoms with Gasteiger partial charge in [0.2, 0.25) is 0 Å². The van der Waals surface area contributed by atoms with Crippen molar-refractivity contribution in [2.75, 3.05) is 59.5 Å². The molecule has 0 heterocycles. The first-order valence-corrected chi connectivity index (χ1v) is 23.3. The number of carbonyl (C=O) groups is 3. The molecule has 5 rings (SSSR count). The summed E-state index contributed by atoms with van der Waals surface area (Å²) >= 11 is 0. The molecule has 0 aromatic heterocycles. The second kappa shape index (κ2) is 27.5. The van der Waals surface area contributed by atoms with Crippen molar-refractivity contribution in [3.8, 4) is 12.5 Å². The van der Waals surface area contributed by atoms with Gasteiger partial charge in [0.05, 0.1) is 82.3 Å². The normalized spacial score (nSPS) is 31.5. The average Bonchev–Trinajstić information content (AvgIpc) is 3.26. The van der Waals surface area contributed by atoms with Gasteiger partial charge in [0, 0.05) is 13.2 Å². The molecule has 5 saturated carbocycles. The first-order chi connectivity index (χ1) is 29.3. The van der Waals surface area contributed by atoms with Gasteiger partial charge in [-0.15, -0.1) is 0 Å². The third kappa shape index (κ3) is 17.3. The molecular formula is C46H74O14. The van der Waals surface area contributed by atoms with Crippen LogP contribution in [0.3, 0.4) is 0 Å². The maximum Gasteiger partial charge on any atom is 0.310 e. The van der Waals surface area contributed by atoms with Gasteiger partial charge in [0.1, 0.15) is 18.3 Å². The lowest BCUT2D eigenvalue weighted by Gasteiger charge is -2.34. The molecule has 0 spiro atoms. The van der Waals surface area contributed by atoms with Crippen molar-refractivity contribution in [3.63, 3.8) is 0 Å². The molecule has 0 saturated heterocycles. The number of carboxylic acids is 2. The fourth-order valence-electron chi connectivity index (χ4n) is 9.97.